The Hall–Kier alpha value is -1.91. The summed E-state index contributed by atoms with van der Waals surface area (Å²) in [5.41, 5.74) is 0.841. The lowest BCUT2D eigenvalue weighted by Crippen LogP contribution is -2.38. The Labute approximate surface area is 242 Å². The Kier molecular flexibility index (Phi) is 9.97. The van der Waals surface area contributed by atoms with Crippen molar-refractivity contribution in [2.75, 3.05) is 19.7 Å². The number of nitrogens with zero attached hydrogens (tertiary/aromatic N) is 3. The van der Waals surface area contributed by atoms with Crippen molar-refractivity contribution < 1.29 is 23.8 Å². The number of aromatic nitrogens is 2. The lowest BCUT2D eigenvalue weighted by molar-refractivity contribution is -0.161. The Morgan fingerprint density at radius 2 is 1.77 bits per heavy atom. The first-order valence-corrected chi connectivity index (χ1v) is 18.4. The summed E-state index contributed by atoms with van der Waals surface area (Å²) in [6.45, 7) is 20.4. The Morgan fingerprint density at radius 1 is 1.10 bits per heavy atom. The molecule has 0 saturated carbocycles. The quantitative estimate of drug-likeness (QED) is 0.172. The highest BCUT2D eigenvalue weighted by Crippen LogP contribution is 2.32. The van der Waals surface area contributed by atoms with Crippen molar-refractivity contribution in [1.29, 1.82) is 0 Å². The molecule has 2 heterocycles. The van der Waals surface area contributed by atoms with E-state index in [1.54, 1.807) is 4.90 Å². The molecule has 2 aromatic rings. The third-order valence-corrected chi connectivity index (χ3v) is 8.88. The monoisotopic (exact) mass is 623 g/mol. The minimum atomic E-state index is -1.15. The average molecular weight is 625 g/mol. The van der Waals surface area contributed by atoms with E-state index in [1.807, 2.05) is 58.4 Å². The van der Waals surface area contributed by atoms with Crippen LogP contribution in [0.15, 0.2) is 22.8 Å². The van der Waals surface area contributed by atoms with Crippen molar-refractivity contribution in [3.63, 3.8) is 0 Å². The van der Waals surface area contributed by atoms with Gasteiger partial charge in [-0.1, -0.05) is 25.7 Å². The Balaban J connectivity index is 1.77. The zero-order valence-electron chi connectivity index (χ0n) is 25.1. The molecule has 1 aromatic heterocycles. The van der Waals surface area contributed by atoms with Crippen LogP contribution in [0.1, 0.15) is 53.5 Å². The van der Waals surface area contributed by atoms with Crippen LogP contribution in [-0.4, -0.2) is 65.7 Å². The number of fused-ring (bicyclic) bond motifs is 1. The van der Waals surface area contributed by atoms with E-state index < -0.39 is 19.3 Å². The number of rotatable bonds is 9. The SMILES string of the molecule is CC(C)(C)OC(=O)[C@@H](Cc1ccc2c(c1)c(Br)nn2COCC[Si](C)(C)C)[C@H]1CCN(C(=O)OC(C)(C)C)C1. The first-order valence-electron chi connectivity index (χ1n) is 13.9. The minimum Gasteiger partial charge on any atom is -0.460 e. The van der Waals surface area contributed by atoms with E-state index in [4.69, 9.17) is 14.2 Å². The first-order chi connectivity index (χ1) is 17.9. The van der Waals surface area contributed by atoms with Crippen LogP contribution in [0.5, 0.6) is 0 Å². The highest BCUT2D eigenvalue weighted by molar-refractivity contribution is 9.10. The standard InChI is InChI=1S/C29H46BrN3O5Si/c1-28(2,3)37-26(34)22(21-12-13-32(18-21)27(35)38-29(4,5)6)16-20-10-11-24-23(17-20)25(30)31-33(24)19-36-14-15-39(7,8)9/h10-11,17,21-22H,12-16,18-19H2,1-9H3/t21-,22-/m0/s1. The van der Waals surface area contributed by atoms with E-state index in [2.05, 4.69) is 46.7 Å². The number of benzene rings is 1. The second-order valence-corrected chi connectivity index (χ2v) is 20.2. The fourth-order valence-corrected chi connectivity index (χ4v) is 5.89. The summed E-state index contributed by atoms with van der Waals surface area (Å²) in [6, 6.07) is 7.28. The Bertz CT molecular complexity index is 1160. The van der Waals surface area contributed by atoms with Gasteiger partial charge in [0, 0.05) is 33.2 Å². The number of hydrogen-bond acceptors (Lipinski definition) is 6. The topological polar surface area (TPSA) is 82.9 Å². The lowest BCUT2D eigenvalue weighted by atomic mass is 9.85. The zero-order valence-corrected chi connectivity index (χ0v) is 27.7. The maximum atomic E-state index is 13.4. The summed E-state index contributed by atoms with van der Waals surface area (Å²) < 4.78 is 20.0. The predicted molar refractivity (Wildman–Crippen MR) is 160 cm³/mol. The fraction of sp³-hybridized carbons (Fsp3) is 0.690. The molecule has 2 atom stereocenters. The Morgan fingerprint density at radius 3 is 2.38 bits per heavy atom. The van der Waals surface area contributed by atoms with Crippen LogP contribution in [0.2, 0.25) is 25.7 Å². The molecule has 10 heteroatoms. The molecule has 0 unspecified atom stereocenters. The van der Waals surface area contributed by atoms with Crippen molar-refractivity contribution in [2.24, 2.45) is 11.8 Å². The summed E-state index contributed by atoms with van der Waals surface area (Å²) in [5, 5.41) is 5.61. The summed E-state index contributed by atoms with van der Waals surface area (Å²) in [4.78, 5) is 27.8. The molecule has 39 heavy (non-hydrogen) atoms. The molecule has 1 fully saturated rings. The molecule has 218 valence electrons. The van der Waals surface area contributed by atoms with Gasteiger partial charge in [-0.05, 0) is 100.0 Å². The highest BCUT2D eigenvalue weighted by Gasteiger charge is 2.39. The summed E-state index contributed by atoms with van der Waals surface area (Å²) in [5.74, 6) is -0.633. The van der Waals surface area contributed by atoms with Crippen molar-refractivity contribution in [1.82, 2.24) is 14.7 Å². The number of esters is 1. The van der Waals surface area contributed by atoms with Gasteiger partial charge in [-0.2, -0.15) is 5.10 Å². The molecule has 0 bridgehead atoms. The van der Waals surface area contributed by atoms with E-state index in [9.17, 15) is 9.59 Å². The fourth-order valence-electron chi connectivity index (χ4n) is 4.62. The van der Waals surface area contributed by atoms with Gasteiger partial charge in [0.1, 0.15) is 22.5 Å². The normalized spacial score (nSPS) is 17.5. The van der Waals surface area contributed by atoms with Crippen molar-refractivity contribution >= 4 is 47.0 Å². The molecule has 0 aliphatic carbocycles. The van der Waals surface area contributed by atoms with Crippen LogP contribution in [-0.2, 0) is 32.2 Å². The van der Waals surface area contributed by atoms with Gasteiger partial charge >= 0.3 is 12.1 Å². The second-order valence-electron chi connectivity index (χ2n) is 13.8. The molecule has 1 amide bonds. The number of ether oxygens (including phenoxy) is 3. The van der Waals surface area contributed by atoms with Gasteiger partial charge in [0.05, 0.1) is 11.4 Å². The molecule has 1 aliphatic heterocycles. The molecule has 0 radical (unpaired) electrons. The molecule has 0 N–H and O–H groups in total. The van der Waals surface area contributed by atoms with Gasteiger partial charge < -0.3 is 19.1 Å². The van der Waals surface area contributed by atoms with E-state index in [0.29, 0.717) is 26.2 Å². The number of halogens is 1. The molecular formula is C29H46BrN3O5Si. The number of carbonyl (C=O) groups is 2. The average Bonchev–Trinajstić information content (AvgIpc) is 3.37. The van der Waals surface area contributed by atoms with Crippen LogP contribution in [0.3, 0.4) is 0 Å². The van der Waals surface area contributed by atoms with Gasteiger partial charge in [0.15, 0.2) is 0 Å². The van der Waals surface area contributed by atoms with Gasteiger partial charge in [-0.15, -0.1) is 0 Å². The van der Waals surface area contributed by atoms with E-state index >= 15 is 0 Å². The summed E-state index contributed by atoms with van der Waals surface area (Å²) in [7, 11) is -1.15. The maximum Gasteiger partial charge on any atom is 0.410 e. The molecule has 1 saturated heterocycles. The smallest absolute Gasteiger partial charge is 0.410 e. The van der Waals surface area contributed by atoms with Crippen LogP contribution in [0.25, 0.3) is 10.9 Å². The number of carbonyl (C=O) groups excluding carboxylic acids is 2. The van der Waals surface area contributed by atoms with Crippen molar-refractivity contribution in [2.45, 2.75) is 98.0 Å². The summed E-state index contributed by atoms with van der Waals surface area (Å²) >= 11 is 3.61. The molecule has 0 spiro atoms. The number of likely N-dealkylation sites (tertiary alicyclic amines) is 1. The van der Waals surface area contributed by atoms with Crippen LogP contribution >= 0.6 is 15.9 Å². The molecule has 1 aromatic carbocycles. The predicted octanol–water partition coefficient (Wildman–Crippen LogP) is 6.87. The van der Waals surface area contributed by atoms with Crippen molar-refractivity contribution in [3.8, 4) is 0 Å². The van der Waals surface area contributed by atoms with E-state index in [1.165, 1.54) is 0 Å². The lowest BCUT2D eigenvalue weighted by Gasteiger charge is -2.28. The van der Waals surface area contributed by atoms with Gasteiger partial charge in [-0.3, -0.25) is 4.79 Å². The summed E-state index contributed by atoms with van der Waals surface area (Å²) in [6.07, 6.45) is 0.904. The molecular weight excluding hydrogens is 578 g/mol. The highest BCUT2D eigenvalue weighted by atomic mass is 79.9. The van der Waals surface area contributed by atoms with Crippen molar-refractivity contribution in [3.05, 3.63) is 28.4 Å². The molecule has 8 nitrogen and oxygen atoms in total. The third kappa shape index (κ3) is 9.60. The zero-order chi connectivity index (χ0) is 29.2. The maximum absolute atomic E-state index is 13.4. The largest absolute Gasteiger partial charge is 0.460 e. The number of amides is 1. The van der Waals surface area contributed by atoms with Crippen LogP contribution in [0.4, 0.5) is 4.79 Å². The first kappa shape index (κ1) is 31.6. The minimum absolute atomic E-state index is 0.0194. The molecule has 3 rings (SSSR count). The van der Waals surface area contributed by atoms with E-state index in [0.717, 1.165) is 40.1 Å². The molecule has 1 aliphatic rings. The van der Waals surface area contributed by atoms with E-state index in [-0.39, 0.29) is 23.9 Å². The van der Waals surface area contributed by atoms with Gasteiger partial charge in [0.2, 0.25) is 0 Å². The van der Waals surface area contributed by atoms with Gasteiger partial charge in [-0.25, -0.2) is 9.48 Å². The second kappa shape index (κ2) is 12.3. The van der Waals surface area contributed by atoms with Crippen LogP contribution < -0.4 is 0 Å². The third-order valence-electron chi connectivity index (χ3n) is 6.59. The number of hydrogen-bond donors (Lipinski definition) is 0. The van der Waals surface area contributed by atoms with Gasteiger partial charge in [0.25, 0.3) is 0 Å². The van der Waals surface area contributed by atoms with Crippen LogP contribution in [0, 0.1) is 11.8 Å².